The highest BCUT2D eigenvalue weighted by Gasteiger charge is 2.39. The third-order valence-electron chi connectivity index (χ3n) is 4.82. The predicted octanol–water partition coefficient (Wildman–Crippen LogP) is 3.67. The monoisotopic (exact) mass is 427 g/mol. The van der Waals surface area contributed by atoms with E-state index in [1.165, 1.54) is 42.1 Å². The van der Waals surface area contributed by atoms with Crippen molar-refractivity contribution in [2.45, 2.75) is 50.2 Å². The molecule has 0 spiro atoms. The molecule has 1 heterocycles. The average Bonchev–Trinajstić information content (AvgIpc) is 2.70. The van der Waals surface area contributed by atoms with E-state index in [0.717, 1.165) is 12.5 Å². The van der Waals surface area contributed by atoms with Gasteiger partial charge in [0.05, 0.1) is 11.8 Å². The number of nitrogens with zero attached hydrogens (tertiary/aromatic N) is 1. The normalized spacial score (nSPS) is 18.9. The fourth-order valence-electron chi connectivity index (χ4n) is 3.27. The number of hydrogen-bond donors (Lipinski definition) is 2. The van der Waals surface area contributed by atoms with Crippen LogP contribution >= 0.6 is 11.8 Å². The van der Waals surface area contributed by atoms with E-state index in [2.05, 4.69) is 0 Å². The summed E-state index contributed by atoms with van der Waals surface area (Å²) in [7, 11) is 0. The zero-order chi connectivity index (χ0) is 21.3. The Morgan fingerprint density at radius 2 is 2.03 bits per heavy atom. The number of carbonyl (C=O) groups excluding carboxylic acids is 1. The van der Waals surface area contributed by atoms with E-state index in [1.54, 1.807) is 11.0 Å². The van der Waals surface area contributed by atoms with Crippen molar-refractivity contribution in [1.82, 2.24) is 4.90 Å². The van der Waals surface area contributed by atoms with Crippen molar-refractivity contribution in [2.75, 3.05) is 18.1 Å². The van der Waals surface area contributed by atoms with E-state index >= 15 is 0 Å². The number of thioether (sulfide) groups is 1. The molecule has 1 saturated heterocycles. The maximum Gasteiger partial charge on any atom is 0.313 e. The lowest BCUT2D eigenvalue weighted by Crippen LogP contribution is -2.43. The first-order valence-electron chi connectivity index (χ1n) is 9.71. The van der Waals surface area contributed by atoms with Crippen molar-refractivity contribution in [1.29, 1.82) is 0 Å². The molecule has 1 aliphatic heterocycles. The average molecular weight is 428 g/mol. The molecule has 0 bridgehead atoms. The van der Waals surface area contributed by atoms with Gasteiger partial charge < -0.3 is 15.1 Å². The van der Waals surface area contributed by atoms with Gasteiger partial charge in [0.1, 0.15) is 6.10 Å². The summed E-state index contributed by atoms with van der Waals surface area (Å²) in [5, 5.41) is 18.7. The standard InChI is InChI=1S/C21H27F2NO4S/c22-21(23,16-7-2-1-3-8-16)18(25)12-11-17-9-6-10-19(26)24(17)13-4-5-14-29-15-20(27)28/h1-3,7-8,11-12,17-18,25H,4-6,9-10,13-15H2,(H,27,28). The van der Waals surface area contributed by atoms with Crippen molar-refractivity contribution < 1.29 is 28.6 Å². The molecule has 0 aromatic heterocycles. The van der Waals surface area contributed by atoms with Crippen LogP contribution in [0.3, 0.4) is 0 Å². The Morgan fingerprint density at radius 3 is 2.72 bits per heavy atom. The van der Waals surface area contributed by atoms with E-state index in [9.17, 15) is 23.5 Å². The molecule has 29 heavy (non-hydrogen) atoms. The third kappa shape index (κ3) is 7.12. The van der Waals surface area contributed by atoms with Crippen LogP contribution in [0.25, 0.3) is 0 Å². The maximum absolute atomic E-state index is 14.4. The fourth-order valence-corrected chi connectivity index (χ4v) is 4.00. The molecule has 8 heteroatoms. The number of aliphatic hydroxyl groups is 1. The second kappa shape index (κ2) is 11.3. The van der Waals surface area contributed by atoms with Gasteiger partial charge in [-0.2, -0.15) is 20.5 Å². The molecule has 0 radical (unpaired) electrons. The smallest absolute Gasteiger partial charge is 0.313 e. The third-order valence-corrected chi connectivity index (χ3v) is 5.85. The number of halogens is 2. The van der Waals surface area contributed by atoms with Crippen molar-refractivity contribution >= 4 is 23.6 Å². The topological polar surface area (TPSA) is 77.8 Å². The van der Waals surface area contributed by atoms with Crippen molar-refractivity contribution in [3.63, 3.8) is 0 Å². The van der Waals surface area contributed by atoms with Gasteiger partial charge in [-0.3, -0.25) is 9.59 Å². The van der Waals surface area contributed by atoms with Gasteiger partial charge in [0.25, 0.3) is 0 Å². The van der Waals surface area contributed by atoms with E-state index in [0.29, 0.717) is 38.0 Å². The van der Waals surface area contributed by atoms with Gasteiger partial charge in [0.2, 0.25) is 5.91 Å². The highest BCUT2D eigenvalue weighted by molar-refractivity contribution is 7.99. The fraction of sp³-hybridized carbons (Fsp3) is 0.524. The molecule has 1 amide bonds. The second-order valence-electron chi connectivity index (χ2n) is 7.02. The Balaban J connectivity index is 1.92. The number of carboxylic acid groups (broad SMARTS) is 1. The summed E-state index contributed by atoms with van der Waals surface area (Å²) in [5.74, 6) is -3.54. The Bertz CT molecular complexity index is 699. The number of benzene rings is 1. The van der Waals surface area contributed by atoms with Crippen LogP contribution in [0.1, 0.15) is 37.7 Å². The van der Waals surface area contributed by atoms with Gasteiger partial charge in [-0.1, -0.05) is 42.5 Å². The summed E-state index contributed by atoms with van der Waals surface area (Å²) in [6.07, 6.45) is 3.89. The SMILES string of the molecule is O=C(O)CSCCCCN1C(=O)CCCC1C=CC(O)C(F)(F)c1ccccc1. The van der Waals surface area contributed by atoms with Gasteiger partial charge in [0.15, 0.2) is 0 Å². The van der Waals surface area contributed by atoms with Crippen LogP contribution in [0.4, 0.5) is 8.78 Å². The van der Waals surface area contributed by atoms with Crippen LogP contribution < -0.4 is 0 Å². The Kier molecular flexibility index (Phi) is 9.10. The quantitative estimate of drug-likeness (QED) is 0.416. The summed E-state index contributed by atoms with van der Waals surface area (Å²) in [5.41, 5.74) is -0.257. The molecular weight excluding hydrogens is 400 g/mol. The molecule has 1 aromatic rings. The minimum Gasteiger partial charge on any atom is -0.481 e. The number of unbranched alkanes of at least 4 members (excludes halogenated alkanes) is 1. The van der Waals surface area contributed by atoms with Crippen LogP contribution in [0.2, 0.25) is 0 Å². The summed E-state index contributed by atoms with van der Waals surface area (Å²) >= 11 is 1.33. The molecule has 160 valence electrons. The molecule has 1 aromatic carbocycles. The van der Waals surface area contributed by atoms with E-state index in [-0.39, 0.29) is 23.3 Å². The van der Waals surface area contributed by atoms with Crippen LogP contribution in [0.5, 0.6) is 0 Å². The number of carboxylic acids is 1. The van der Waals surface area contributed by atoms with Crippen molar-refractivity contribution in [3.8, 4) is 0 Å². The molecule has 2 unspecified atom stereocenters. The summed E-state index contributed by atoms with van der Waals surface area (Å²) in [4.78, 5) is 24.4. The molecule has 1 aliphatic rings. The van der Waals surface area contributed by atoms with E-state index < -0.39 is 18.0 Å². The number of hydrogen-bond acceptors (Lipinski definition) is 4. The molecule has 5 nitrogen and oxygen atoms in total. The predicted molar refractivity (Wildman–Crippen MR) is 109 cm³/mol. The number of carbonyl (C=O) groups is 2. The van der Waals surface area contributed by atoms with Crippen molar-refractivity contribution in [2.24, 2.45) is 0 Å². The number of aliphatic carboxylic acids is 1. The van der Waals surface area contributed by atoms with Crippen LogP contribution in [-0.2, 0) is 15.5 Å². The van der Waals surface area contributed by atoms with E-state index in [4.69, 9.17) is 5.11 Å². The molecular formula is C21H27F2NO4S. The number of aliphatic hydroxyl groups excluding tert-OH is 1. The first-order valence-corrected chi connectivity index (χ1v) is 10.9. The number of alkyl halides is 2. The lowest BCUT2D eigenvalue weighted by atomic mass is 9.98. The summed E-state index contributed by atoms with van der Waals surface area (Å²) < 4.78 is 28.9. The molecule has 2 rings (SSSR count). The van der Waals surface area contributed by atoms with Crippen LogP contribution in [-0.4, -0.2) is 57.2 Å². The Morgan fingerprint density at radius 1 is 1.31 bits per heavy atom. The van der Waals surface area contributed by atoms with Crippen molar-refractivity contribution in [3.05, 3.63) is 48.0 Å². The first-order chi connectivity index (χ1) is 13.8. The van der Waals surface area contributed by atoms with Crippen LogP contribution in [0, 0.1) is 0 Å². The molecule has 2 N–H and O–H groups in total. The highest BCUT2D eigenvalue weighted by atomic mass is 32.2. The summed E-state index contributed by atoms with van der Waals surface area (Å²) in [6, 6.07) is 6.86. The largest absolute Gasteiger partial charge is 0.481 e. The number of rotatable bonds is 11. The minimum atomic E-state index is -3.41. The lowest BCUT2D eigenvalue weighted by molar-refractivity contribution is -0.135. The van der Waals surface area contributed by atoms with Gasteiger partial charge in [0, 0.05) is 18.5 Å². The molecule has 0 saturated carbocycles. The Hall–Kier alpha value is -1.93. The van der Waals surface area contributed by atoms with Gasteiger partial charge >= 0.3 is 11.9 Å². The minimum absolute atomic E-state index is 0.0200. The summed E-state index contributed by atoms with van der Waals surface area (Å²) in [6.45, 7) is 0.493. The van der Waals surface area contributed by atoms with E-state index in [1.807, 2.05) is 0 Å². The molecule has 1 fully saturated rings. The Labute approximate surface area is 173 Å². The van der Waals surface area contributed by atoms with Gasteiger partial charge in [-0.05, 0) is 31.4 Å². The molecule has 0 aliphatic carbocycles. The highest BCUT2D eigenvalue weighted by Crippen LogP contribution is 2.32. The second-order valence-corrected chi connectivity index (χ2v) is 8.12. The number of amides is 1. The first kappa shape index (κ1) is 23.3. The number of piperidine rings is 1. The zero-order valence-corrected chi connectivity index (χ0v) is 17.0. The van der Waals surface area contributed by atoms with Gasteiger partial charge in [-0.15, -0.1) is 0 Å². The van der Waals surface area contributed by atoms with Gasteiger partial charge in [-0.25, -0.2) is 0 Å². The molecule has 2 atom stereocenters. The van der Waals surface area contributed by atoms with Crippen LogP contribution in [0.15, 0.2) is 42.5 Å². The number of likely N-dealkylation sites (tertiary alicyclic amines) is 1. The lowest BCUT2D eigenvalue weighted by Gasteiger charge is -2.34. The zero-order valence-electron chi connectivity index (χ0n) is 16.2. The maximum atomic E-state index is 14.4.